The predicted octanol–water partition coefficient (Wildman–Crippen LogP) is 3.30. The molecule has 3 rings (SSSR count). The lowest BCUT2D eigenvalue weighted by Gasteiger charge is -2.10. The SMILES string of the molecule is c1cnc2c(CNC3=NCCCCC3)cccc2c1. The van der Waals surface area contributed by atoms with Crippen LogP contribution in [-0.4, -0.2) is 17.4 Å². The molecular formula is C16H19N3. The van der Waals surface area contributed by atoms with Gasteiger partial charge in [-0.2, -0.15) is 0 Å². The van der Waals surface area contributed by atoms with E-state index in [9.17, 15) is 0 Å². The highest BCUT2D eigenvalue weighted by atomic mass is 15.0. The second-order valence-corrected chi connectivity index (χ2v) is 4.98. The smallest absolute Gasteiger partial charge is 0.0965 e. The van der Waals surface area contributed by atoms with Crippen LogP contribution < -0.4 is 5.32 Å². The zero-order valence-corrected chi connectivity index (χ0v) is 11.1. The first-order valence-corrected chi connectivity index (χ1v) is 7.03. The number of rotatable bonds is 2. The molecule has 3 nitrogen and oxygen atoms in total. The van der Waals surface area contributed by atoms with Gasteiger partial charge in [-0.25, -0.2) is 0 Å². The van der Waals surface area contributed by atoms with Gasteiger partial charge in [0.25, 0.3) is 0 Å². The molecule has 0 fully saturated rings. The maximum Gasteiger partial charge on any atom is 0.0965 e. The van der Waals surface area contributed by atoms with Crippen molar-refractivity contribution in [3.63, 3.8) is 0 Å². The number of amidine groups is 1. The number of hydrogen-bond acceptors (Lipinski definition) is 3. The Hall–Kier alpha value is -1.90. The lowest BCUT2D eigenvalue weighted by Crippen LogP contribution is -2.22. The third kappa shape index (κ3) is 2.92. The van der Waals surface area contributed by atoms with Gasteiger partial charge in [0.15, 0.2) is 0 Å². The Morgan fingerprint density at radius 2 is 2.00 bits per heavy atom. The van der Waals surface area contributed by atoms with Crippen LogP contribution in [0.15, 0.2) is 41.5 Å². The Balaban J connectivity index is 1.76. The van der Waals surface area contributed by atoms with Crippen molar-refractivity contribution >= 4 is 16.7 Å². The van der Waals surface area contributed by atoms with Crippen LogP contribution >= 0.6 is 0 Å². The Bertz CT molecular complexity index is 584. The van der Waals surface area contributed by atoms with Crippen molar-refractivity contribution in [2.75, 3.05) is 6.54 Å². The minimum atomic E-state index is 0.813. The number of fused-ring (bicyclic) bond motifs is 1. The second-order valence-electron chi connectivity index (χ2n) is 4.98. The Morgan fingerprint density at radius 3 is 3.00 bits per heavy atom. The largest absolute Gasteiger partial charge is 0.370 e. The van der Waals surface area contributed by atoms with Crippen LogP contribution in [0.4, 0.5) is 0 Å². The molecule has 0 saturated heterocycles. The van der Waals surface area contributed by atoms with Crippen molar-refractivity contribution in [2.45, 2.75) is 32.2 Å². The number of aromatic nitrogens is 1. The Kier molecular flexibility index (Phi) is 3.73. The van der Waals surface area contributed by atoms with Crippen molar-refractivity contribution in [2.24, 2.45) is 4.99 Å². The molecule has 3 heteroatoms. The predicted molar refractivity (Wildman–Crippen MR) is 79.4 cm³/mol. The highest BCUT2D eigenvalue weighted by Crippen LogP contribution is 2.16. The number of nitrogens with one attached hydrogen (secondary N) is 1. The van der Waals surface area contributed by atoms with E-state index < -0.39 is 0 Å². The maximum atomic E-state index is 4.60. The zero-order valence-electron chi connectivity index (χ0n) is 11.1. The van der Waals surface area contributed by atoms with Crippen molar-refractivity contribution in [1.82, 2.24) is 10.3 Å². The molecule has 0 atom stereocenters. The second kappa shape index (κ2) is 5.83. The van der Waals surface area contributed by atoms with Gasteiger partial charge < -0.3 is 5.32 Å². The first-order valence-electron chi connectivity index (χ1n) is 7.03. The Morgan fingerprint density at radius 1 is 1.05 bits per heavy atom. The maximum absolute atomic E-state index is 4.60. The van der Waals surface area contributed by atoms with Gasteiger partial charge in [0.1, 0.15) is 0 Å². The van der Waals surface area contributed by atoms with Crippen molar-refractivity contribution in [3.05, 3.63) is 42.1 Å². The van der Waals surface area contributed by atoms with E-state index in [0.717, 1.165) is 30.9 Å². The summed E-state index contributed by atoms with van der Waals surface area (Å²) in [6.07, 6.45) is 6.71. The summed E-state index contributed by atoms with van der Waals surface area (Å²) in [4.78, 5) is 9.09. The van der Waals surface area contributed by atoms with Gasteiger partial charge in [-0.3, -0.25) is 9.98 Å². The molecule has 1 aromatic heterocycles. The normalized spacial score (nSPS) is 15.9. The molecule has 2 aromatic rings. The van der Waals surface area contributed by atoms with Crippen LogP contribution in [0.1, 0.15) is 31.2 Å². The molecule has 2 heterocycles. The van der Waals surface area contributed by atoms with E-state index in [1.54, 1.807) is 0 Å². The third-order valence-electron chi connectivity index (χ3n) is 3.57. The third-order valence-corrected chi connectivity index (χ3v) is 3.57. The molecule has 1 N–H and O–H groups in total. The fourth-order valence-corrected chi connectivity index (χ4v) is 2.53. The monoisotopic (exact) mass is 253 g/mol. The summed E-state index contributed by atoms with van der Waals surface area (Å²) in [6.45, 7) is 1.78. The number of hydrogen-bond donors (Lipinski definition) is 1. The molecule has 0 bridgehead atoms. The number of nitrogens with zero attached hydrogens (tertiary/aromatic N) is 2. The van der Waals surface area contributed by atoms with E-state index in [4.69, 9.17) is 0 Å². The molecule has 0 spiro atoms. The topological polar surface area (TPSA) is 37.3 Å². The van der Waals surface area contributed by atoms with Crippen molar-refractivity contribution in [1.29, 1.82) is 0 Å². The molecular weight excluding hydrogens is 234 g/mol. The Labute approximate surface area is 113 Å². The molecule has 1 aliphatic heterocycles. The van der Waals surface area contributed by atoms with Gasteiger partial charge in [0, 0.05) is 31.1 Å². The van der Waals surface area contributed by atoms with Crippen LogP contribution in [0, 0.1) is 0 Å². The summed E-state index contributed by atoms with van der Waals surface area (Å²) in [5.74, 6) is 1.16. The summed E-state index contributed by atoms with van der Waals surface area (Å²) < 4.78 is 0. The molecule has 1 aromatic carbocycles. The van der Waals surface area contributed by atoms with Crippen LogP contribution in [0.2, 0.25) is 0 Å². The minimum Gasteiger partial charge on any atom is -0.370 e. The number of aliphatic imine (C=N–C) groups is 1. The summed E-state index contributed by atoms with van der Waals surface area (Å²) in [5, 5.41) is 4.68. The molecule has 0 saturated carbocycles. The molecule has 1 aliphatic rings. The number of para-hydroxylation sites is 1. The average molecular weight is 253 g/mol. The summed E-state index contributed by atoms with van der Waals surface area (Å²) in [6, 6.07) is 10.4. The van der Waals surface area contributed by atoms with Gasteiger partial charge in [-0.05, 0) is 24.5 Å². The van der Waals surface area contributed by atoms with Crippen LogP contribution in [0.25, 0.3) is 10.9 Å². The van der Waals surface area contributed by atoms with Gasteiger partial charge >= 0.3 is 0 Å². The van der Waals surface area contributed by atoms with E-state index in [2.05, 4.69) is 39.6 Å². The average Bonchev–Trinajstić information content (AvgIpc) is 2.74. The highest BCUT2D eigenvalue weighted by Gasteiger charge is 2.05. The van der Waals surface area contributed by atoms with E-state index in [1.807, 2.05) is 12.3 Å². The van der Waals surface area contributed by atoms with Gasteiger partial charge in [-0.1, -0.05) is 30.7 Å². The summed E-state index contributed by atoms with van der Waals surface area (Å²) in [7, 11) is 0. The fourth-order valence-electron chi connectivity index (χ4n) is 2.53. The summed E-state index contributed by atoms with van der Waals surface area (Å²) >= 11 is 0. The zero-order chi connectivity index (χ0) is 12.9. The van der Waals surface area contributed by atoms with E-state index >= 15 is 0 Å². The number of pyridine rings is 1. The molecule has 0 radical (unpaired) electrons. The molecule has 0 amide bonds. The minimum absolute atomic E-state index is 0.813. The lowest BCUT2D eigenvalue weighted by atomic mass is 10.1. The molecule has 98 valence electrons. The number of benzene rings is 1. The van der Waals surface area contributed by atoms with Gasteiger partial charge in [0.05, 0.1) is 11.4 Å². The van der Waals surface area contributed by atoms with Gasteiger partial charge in [0.2, 0.25) is 0 Å². The van der Waals surface area contributed by atoms with E-state index in [0.29, 0.717) is 0 Å². The molecule has 0 aliphatic carbocycles. The first-order chi connectivity index (χ1) is 9.43. The van der Waals surface area contributed by atoms with Crippen molar-refractivity contribution in [3.8, 4) is 0 Å². The van der Waals surface area contributed by atoms with Gasteiger partial charge in [-0.15, -0.1) is 0 Å². The van der Waals surface area contributed by atoms with E-state index in [-0.39, 0.29) is 0 Å². The fraction of sp³-hybridized carbons (Fsp3) is 0.375. The van der Waals surface area contributed by atoms with Crippen LogP contribution in [0.3, 0.4) is 0 Å². The quantitative estimate of drug-likeness (QED) is 0.891. The lowest BCUT2D eigenvalue weighted by molar-refractivity contribution is 0.728. The summed E-state index contributed by atoms with van der Waals surface area (Å²) in [5.41, 5.74) is 2.33. The van der Waals surface area contributed by atoms with E-state index in [1.165, 1.54) is 30.2 Å². The molecule has 0 unspecified atom stereocenters. The van der Waals surface area contributed by atoms with Crippen LogP contribution in [-0.2, 0) is 6.54 Å². The standard InChI is InChI=1S/C16H19N3/c1-2-9-15(17-10-3-1)19-12-14-7-4-6-13-8-5-11-18-16(13)14/h4-8,11H,1-3,9-10,12H2,(H,17,19). The first kappa shape index (κ1) is 12.2. The van der Waals surface area contributed by atoms with Crippen LogP contribution in [0.5, 0.6) is 0 Å². The van der Waals surface area contributed by atoms with Crippen molar-refractivity contribution < 1.29 is 0 Å². The highest BCUT2D eigenvalue weighted by molar-refractivity contribution is 5.84. The molecule has 19 heavy (non-hydrogen) atoms.